The fourth-order valence-corrected chi connectivity index (χ4v) is 2.55. The second kappa shape index (κ2) is 8.21. The summed E-state index contributed by atoms with van der Waals surface area (Å²) in [7, 11) is 1.32. The van der Waals surface area contributed by atoms with Gasteiger partial charge in [-0.05, 0) is 48.5 Å². The lowest BCUT2D eigenvalue weighted by Crippen LogP contribution is -2.21. The van der Waals surface area contributed by atoms with E-state index in [9.17, 15) is 9.59 Å². The number of rotatable bonds is 5. The monoisotopic (exact) mass is 331 g/mol. The molecule has 0 unspecified atom stereocenters. The molecule has 23 heavy (non-hydrogen) atoms. The highest BCUT2D eigenvalue weighted by molar-refractivity contribution is 7.99. The van der Waals surface area contributed by atoms with Crippen molar-refractivity contribution in [2.45, 2.75) is 9.79 Å². The van der Waals surface area contributed by atoms with Crippen molar-refractivity contribution < 1.29 is 14.3 Å². The number of carbonyl (C=O) groups excluding carboxylic acids is 2. The standard InChI is InChI=1S/C16H17N3O3S/c1-22-16(21)19-12-4-8-14(9-5-12)23-13-6-2-11(3-7-13)18-15(20)10-17/h2-9H,10,17H2,1H3,(H,18,20)(H,19,21). The largest absolute Gasteiger partial charge is 0.453 e. The normalized spacial score (nSPS) is 10.0. The van der Waals surface area contributed by atoms with Crippen LogP contribution in [0.3, 0.4) is 0 Å². The summed E-state index contributed by atoms with van der Waals surface area (Å²) < 4.78 is 4.53. The lowest BCUT2D eigenvalue weighted by atomic mass is 10.3. The van der Waals surface area contributed by atoms with E-state index < -0.39 is 6.09 Å². The Morgan fingerprint density at radius 3 is 1.87 bits per heavy atom. The van der Waals surface area contributed by atoms with Crippen molar-refractivity contribution in [2.75, 3.05) is 24.3 Å². The molecule has 0 radical (unpaired) electrons. The van der Waals surface area contributed by atoms with Gasteiger partial charge in [0.05, 0.1) is 13.7 Å². The van der Waals surface area contributed by atoms with Crippen LogP contribution < -0.4 is 16.4 Å². The minimum Gasteiger partial charge on any atom is -0.453 e. The summed E-state index contributed by atoms with van der Waals surface area (Å²) in [6.45, 7) is -0.0392. The summed E-state index contributed by atoms with van der Waals surface area (Å²) in [4.78, 5) is 24.4. The van der Waals surface area contributed by atoms with E-state index in [1.54, 1.807) is 23.9 Å². The van der Waals surface area contributed by atoms with Gasteiger partial charge in [0, 0.05) is 21.2 Å². The van der Waals surface area contributed by atoms with Crippen LogP contribution in [-0.2, 0) is 9.53 Å². The second-order valence-corrected chi connectivity index (χ2v) is 5.67. The quantitative estimate of drug-likeness (QED) is 0.783. The molecule has 0 aliphatic carbocycles. The summed E-state index contributed by atoms with van der Waals surface area (Å²) in [6, 6.07) is 14.9. The molecule has 2 rings (SSSR count). The first-order chi connectivity index (χ1) is 11.1. The minimum absolute atomic E-state index is 0.0392. The number of nitrogens with two attached hydrogens (primary N) is 1. The maximum Gasteiger partial charge on any atom is 0.411 e. The van der Waals surface area contributed by atoms with E-state index in [0.29, 0.717) is 11.4 Å². The van der Waals surface area contributed by atoms with Gasteiger partial charge in [0.1, 0.15) is 0 Å². The first kappa shape index (κ1) is 16.9. The van der Waals surface area contributed by atoms with Crippen LogP contribution in [0.5, 0.6) is 0 Å². The number of methoxy groups -OCH3 is 1. The maximum atomic E-state index is 11.2. The second-order valence-electron chi connectivity index (χ2n) is 4.52. The SMILES string of the molecule is COC(=O)Nc1ccc(Sc2ccc(NC(=O)CN)cc2)cc1. The molecule has 0 saturated heterocycles. The van der Waals surface area contributed by atoms with Gasteiger partial charge in [0.2, 0.25) is 5.91 Å². The molecule has 0 spiro atoms. The average Bonchev–Trinajstić information content (AvgIpc) is 2.58. The summed E-state index contributed by atoms with van der Waals surface area (Å²) in [5, 5.41) is 5.28. The molecule has 120 valence electrons. The number of carbonyl (C=O) groups is 2. The molecule has 2 amide bonds. The Kier molecular flexibility index (Phi) is 6.02. The van der Waals surface area contributed by atoms with E-state index in [1.807, 2.05) is 36.4 Å². The molecule has 7 heteroatoms. The van der Waals surface area contributed by atoms with E-state index in [1.165, 1.54) is 7.11 Å². The van der Waals surface area contributed by atoms with Crippen molar-refractivity contribution in [1.29, 1.82) is 0 Å². The number of benzene rings is 2. The van der Waals surface area contributed by atoms with E-state index in [0.717, 1.165) is 9.79 Å². The Hall–Kier alpha value is -2.51. The predicted octanol–water partition coefficient (Wildman–Crippen LogP) is 2.91. The van der Waals surface area contributed by atoms with Crippen molar-refractivity contribution in [1.82, 2.24) is 0 Å². The van der Waals surface area contributed by atoms with Crippen molar-refractivity contribution in [3.8, 4) is 0 Å². The molecule has 0 aliphatic rings. The molecule has 0 fully saturated rings. The summed E-state index contributed by atoms with van der Waals surface area (Å²) in [5.74, 6) is -0.223. The van der Waals surface area contributed by atoms with Crippen LogP contribution in [0.15, 0.2) is 58.3 Å². The fraction of sp³-hybridized carbons (Fsp3) is 0.125. The summed E-state index contributed by atoms with van der Waals surface area (Å²) in [5.41, 5.74) is 6.63. The number of anilines is 2. The highest BCUT2D eigenvalue weighted by Gasteiger charge is 2.03. The smallest absolute Gasteiger partial charge is 0.411 e. The number of hydrogen-bond donors (Lipinski definition) is 3. The molecule has 0 aliphatic heterocycles. The molecule has 4 N–H and O–H groups in total. The van der Waals surface area contributed by atoms with Gasteiger partial charge in [-0.3, -0.25) is 10.1 Å². The number of hydrogen-bond acceptors (Lipinski definition) is 5. The van der Waals surface area contributed by atoms with Gasteiger partial charge in [0.25, 0.3) is 0 Å². The van der Waals surface area contributed by atoms with Crippen LogP contribution in [0.2, 0.25) is 0 Å². The van der Waals surface area contributed by atoms with Crippen molar-refractivity contribution in [3.05, 3.63) is 48.5 Å². The maximum absolute atomic E-state index is 11.2. The topological polar surface area (TPSA) is 93.5 Å². The predicted molar refractivity (Wildman–Crippen MR) is 90.7 cm³/mol. The zero-order chi connectivity index (χ0) is 16.7. The van der Waals surface area contributed by atoms with Crippen LogP contribution in [-0.4, -0.2) is 25.7 Å². The van der Waals surface area contributed by atoms with Crippen LogP contribution in [0.4, 0.5) is 16.2 Å². The van der Waals surface area contributed by atoms with Gasteiger partial charge in [-0.1, -0.05) is 11.8 Å². The minimum atomic E-state index is -0.500. The Morgan fingerprint density at radius 2 is 1.43 bits per heavy atom. The molecule has 0 bridgehead atoms. The third kappa shape index (κ3) is 5.32. The fourth-order valence-electron chi connectivity index (χ4n) is 1.73. The molecule has 0 aromatic heterocycles. The summed E-state index contributed by atoms with van der Waals surface area (Å²) in [6.07, 6.45) is -0.500. The van der Waals surface area contributed by atoms with Crippen LogP contribution >= 0.6 is 11.8 Å². The van der Waals surface area contributed by atoms with Gasteiger partial charge < -0.3 is 15.8 Å². The molecule has 2 aromatic carbocycles. The van der Waals surface area contributed by atoms with Crippen molar-refractivity contribution in [2.24, 2.45) is 5.73 Å². The van der Waals surface area contributed by atoms with Crippen molar-refractivity contribution >= 4 is 35.1 Å². The van der Waals surface area contributed by atoms with E-state index >= 15 is 0 Å². The van der Waals surface area contributed by atoms with E-state index in [-0.39, 0.29) is 12.5 Å². The lowest BCUT2D eigenvalue weighted by Gasteiger charge is -2.07. The van der Waals surface area contributed by atoms with Gasteiger partial charge in [0.15, 0.2) is 0 Å². The molecule has 6 nitrogen and oxygen atoms in total. The van der Waals surface area contributed by atoms with Crippen molar-refractivity contribution in [3.63, 3.8) is 0 Å². The van der Waals surface area contributed by atoms with E-state index in [2.05, 4.69) is 15.4 Å². The number of ether oxygens (including phenoxy) is 1. The Balaban J connectivity index is 1.96. The van der Waals surface area contributed by atoms with Gasteiger partial charge in [-0.2, -0.15) is 0 Å². The highest BCUT2D eigenvalue weighted by atomic mass is 32.2. The zero-order valence-corrected chi connectivity index (χ0v) is 13.4. The summed E-state index contributed by atoms with van der Waals surface area (Å²) >= 11 is 1.57. The molecule has 0 saturated carbocycles. The van der Waals surface area contributed by atoms with E-state index in [4.69, 9.17) is 5.73 Å². The Bertz CT molecular complexity index is 612. The molecular weight excluding hydrogens is 314 g/mol. The number of nitrogens with one attached hydrogen (secondary N) is 2. The average molecular weight is 331 g/mol. The van der Waals surface area contributed by atoms with Crippen LogP contribution in [0.25, 0.3) is 0 Å². The first-order valence-corrected chi connectivity index (χ1v) is 7.65. The first-order valence-electron chi connectivity index (χ1n) is 6.83. The molecule has 0 atom stereocenters. The van der Waals surface area contributed by atoms with Gasteiger partial charge in [-0.25, -0.2) is 4.79 Å². The Morgan fingerprint density at radius 1 is 0.957 bits per heavy atom. The van der Waals surface area contributed by atoms with Crippen LogP contribution in [0.1, 0.15) is 0 Å². The molecular formula is C16H17N3O3S. The molecule has 2 aromatic rings. The third-order valence-electron chi connectivity index (χ3n) is 2.85. The lowest BCUT2D eigenvalue weighted by molar-refractivity contribution is -0.114. The van der Waals surface area contributed by atoms with Crippen LogP contribution in [0, 0.1) is 0 Å². The zero-order valence-electron chi connectivity index (χ0n) is 12.5. The van der Waals surface area contributed by atoms with Gasteiger partial charge in [-0.15, -0.1) is 0 Å². The Labute approximate surface area is 138 Å². The highest BCUT2D eigenvalue weighted by Crippen LogP contribution is 2.29. The molecule has 0 heterocycles. The number of amides is 2. The third-order valence-corrected chi connectivity index (χ3v) is 3.86. The van der Waals surface area contributed by atoms with Gasteiger partial charge >= 0.3 is 6.09 Å².